The Morgan fingerprint density at radius 3 is 2.58 bits per heavy atom. The van der Waals surface area contributed by atoms with E-state index in [0.29, 0.717) is 4.47 Å². The van der Waals surface area contributed by atoms with Crippen LogP contribution in [-0.2, 0) is 0 Å². The first-order chi connectivity index (χ1) is 9.22. The summed E-state index contributed by atoms with van der Waals surface area (Å²) < 4.78 is 14.3. The molecule has 0 aliphatic carbocycles. The van der Waals surface area contributed by atoms with Crippen molar-refractivity contribution in [1.29, 1.82) is 0 Å². The summed E-state index contributed by atoms with van der Waals surface area (Å²) in [6.07, 6.45) is 1.56. The molecule has 0 amide bonds. The van der Waals surface area contributed by atoms with E-state index in [-0.39, 0.29) is 11.6 Å². The molecule has 0 fully saturated rings. The SMILES string of the molecule is Fc1cc(Br)cnc1Nc1ccc2ccccc2c1. The summed E-state index contributed by atoms with van der Waals surface area (Å²) in [7, 11) is 0. The molecule has 0 aliphatic rings. The number of hydrogen-bond acceptors (Lipinski definition) is 2. The molecule has 0 atom stereocenters. The zero-order valence-corrected chi connectivity index (χ0v) is 11.5. The Balaban J connectivity index is 1.96. The average Bonchev–Trinajstić information content (AvgIpc) is 2.42. The number of hydrogen-bond donors (Lipinski definition) is 1. The Morgan fingerprint density at radius 2 is 1.79 bits per heavy atom. The maximum atomic E-state index is 13.7. The summed E-state index contributed by atoms with van der Waals surface area (Å²) >= 11 is 3.18. The van der Waals surface area contributed by atoms with Gasteiger partial charge in [-0.05, 0) is 44.9 Å². The van der Waals surface area contributed by atoms with Gasteiger partial charge in [0.25, 0.3) is 0 Å². The molecule has 4 heteroatoms. The second-order valence-electron chi connectivity index (χ2n) is 4.17. The average molecular weight is 317 g/mol. The highest BCUT2D eigenvalue weighted by molar-refractivity contribution is 9.10. The predicted molar refractivity (Wildman–Crippen MR) is 79.1 cm³/mol. The molecule has 0 saturated heterocycles. The highest BCUT2D eigenvalue weighted by Crippen LogP contribution is 2.23. The smallest absolute Gasteiger partial charge is 0.166 e. The fraction of sp³-hybridized carbons (Fsp3) is 0. The van der Waals surface area contributed by atoms with Crippen molar-refractivity contribution in [2.45, 2.75) is 0 Å². The molecule has 2 nitrogen and oxygen atoms in total. The van der Waals surface area contributed by atoms with Crippen LogP contribution >= 0.6 is 15.9 Å². The van der Waals surface area contributed by atoms with Crippen molar-refractivity contribution in [2.24, 2.45) is 0 Å². The summed E-state index contributed by atoms with van der Waals surface area (Å²) in [6.45, 7) is 0. The lowest BCUT2D eigenvalue weighted by atomic mass is 10.1. The molecule has 0 aliphatic heterocycles. The van der Waals surface area contributed by atoms with Gasteiger partial charge in [-0.1, -0.05) is 30.3 Å². The van der Waals surface area contributed by atoms with E-state index in [4.69, 9.17) is 0 Å². The zero-order chi connectivity index (χ0) is 13.2. The van der Waals surface area contributed by atoms with Crippen LogP contribution in [0, 0.1) is 5.82 Å². The molecule has 0 radical (unpaired) electrons. The van der Waals surface area contributed by atoms with E-state index in [9.17, 15) is 4.39 Å². The molecule has 0 bridgehead atoms. The second kappa shape index (κ2) is 4.97. The summed E-state index contributed by atoms with van der Waals surface area (Å²) in [5.41, 5.74) is 0.812. The minimum atomic E-state index is -0.387. The lowest BCUT2D eigenvalue weighted by Crippen LogP contribution is -1.96. The van der Waals surface area contributed by atoms with Gasteiger partial charge in [0, 0.05) is 16.4 Å². The third kappa shape index (κ3) is 2.58. The van der Waals surface area contributed by atoms with Gasteiger partial charge in [-0.2, -0.15) is 0 Å². The normalized spacial score (nSPS) is 10.6. The van der Waals surface area contributed by atoms with E-state index in [1.54, 1.807) is 6.20 Å². The van der Waals surface area contributed by atoms with E-state index in [1.165, 1.54) is 6.07 Å². The van der Waals surface area contributed by atoms with Crippen molar-refractivity contribution in [3.8, 4) is 0 Å². The molecule has 1 aromatic heterocycles. The van der Waals surface area contributed by atoms with E-state index in [2.05, 4.69) is 26.2 Å². The third-order valence-electron chi connectivity index (χ3n) is 2.82. The van der Waals surface area contributed by atoms with Gasteiger partial charge in [-0.25, -0.2) is 9.37 Å². The minimum Gasteiger partial charge on any atom is -0.338 e. The molecular formula is C15H10BrFN2. The van der Waals surface area contributed by atoms with Crippen molar-refractivity contribution in [3.63, 3.8) is 0 Å². The quantitative estimate of drug-likeness (QED) is 0.728. The summed E-state index contributed by atoms with van der Waals surface area (Å²) in [4.78, 5) is 4.02. The second-order valence-corrected chi connectivity index (χ2v) is 5.09. The molecule has 0 spiro atoms. The van der Waals surface area contributed by atoms with Gasteiger partial charge in [0.05, 0.1) is 0 Å². The maximum Gasteiger partial charge on any atom is 0.166 e. The number of nitrogens with one attached hydrogen (secondary N) is 1. The Hall–Kier alpha value is -1.94. The van der Waals surface area contributed by atoms with Crippen LogP contribution in [0.5, 0.6) is 0 Å². The van der Waals surface area contributed by atoms with Crippen molar-refractivity contribution in [1.82, 2.24) is 4.98 Å². The van der Waals surface area contributed by atoms with Crippen LogP contribution < -0.4 is 5.32 Å². The van der Waals surface area contributed by atoms with Gasteiger partial charge in [0.1, 0.15) is 0 Å². The zero-order valence-electron chi connectivity index (χ0n) is 9.90. The fourth-order valence-corrected chi connectivity index (χ4v) is 2.21. The molecule has 0 unspecified atom stereocenters. The van der Waals surface area contributed by atoms with E-state index in [0.717, 1.165) is 16.5 Å². The van der Waals surface area contributed by atoms with Crippen LogP contribution in [0.3, 0.4) is 0 Å². The van der Waals surface area contributed by atoms with Crippen LogP contribution in [-0.4, -0.2) is 4.98 Å². The van der Waals surface area contributed by atoms with Crippen LogP contribution in [0.2, 0.25) is 0 Å². The molecule has 3 rings (SSSR count). The highest BCUT2D eigenvalue weighted by atomic mass is 79.9. The van der Waals surface area contributed by atoms with Crippen LogP contribution in [0.25, 0.3) is 10.8 Å². The lowest BCUT2D eigenvalue weighted by Gasteiger charge is -2.08. The molecule has 1 N–H and O–H groups in total. The maximum absolute atomic E-state index is 13.7. The molecule has 1 heterocycles. The molecular weight excluding hydrogens is 307 g/mol. The number of anilines is 2. The summed E-state index contributed by atoms with van der Waals surface area (Å²) in [5, 5.41) is 5.24. The van der Waals surface area contributed by atoms with Gasteiger partial charge >= 0.3 is 0 Å². The number of pyridine rings is 1. The fourth-order valence-electron chi connectivity index (χ4n) is 1.91. The molecule has 0 saturated carbocycles. The third-order valence-corrected chi connectivity index (χ3v) is 3.25. The number of fused-ring (bicyclic) bond motifs is 1. The minimum absolute atomic E-state index is 0.221. The monoisotopic (exact) mass is 316 g/mol. The van der Waals surface area contributed by atoms with Gasteiger partial charge in [0.15, 0.2) is 11.6 Å². The lowest BCUT2D eigenvalue weighted by molar-refractivity contribution is 0.625. The van der Waals surface area contributed by atoms with Gasteiger partial charge in [-0.15, -0.1) is 0 Å². The standard InChI is InChI=1S/C15H10BrFN2/c16-12-8-14(17)15(18-9-12)19-13-6-5-10-3-1-2-4-11(10)7-13/h1-9H,(H,18,19). The Bertz CT molecular complexity index is 743. The molecule has 19 heavy (non-hydrogen) atoms. The summed E-state index contributed by atoms with van der Waals surface area (Å²) in [5.74, 6) is -0.166. The highest BCUT2D eigenvalue weighted by Gasteiger charge is 2.05. The predicted octanol–water partition coefficient (Wildman–Crippen LogP) is 4.88. The number of benzene rings is 2. The topological polar surface area (TPSA) is 24.9 Å². The van der Waals surface area contributed by atoms with Gasteiger partial charge in [-0.3, -0.25) is 0 Å². The van der Waals surface area contributed by atoms with E-state index >= 15 is 0 Å². The number of halogens is 2. The number of nitrogens with zero attached hydrogens (tertiary/aromatic N) is 1. The van der Waals surface area contributed by atoms with Crippen LogP contribution in [0.15, 0.2) is 59.2 Å². The van der Waals surface area contributed by atoms with Crippen molar-refractivity contribution < 1.29 is 4.39 Å². The number of rotatable bonds is 2. The van der Waals surface area contributed by atoms with Crippen LogP contribution in [0.1, 0.15) is 0 Å². The first-order valence-corrected chi connectivity index (χ1v) is 6.58. The van der Waals surface area contributed by atoms with E-state index in [1.807, 2.05) is 42.5 Å². The first kappa shape index (κ1) is 12.1. The van der Waals surface area contributed by atoms with Gasteiger partial charge in [0.2, 0.25) is 0 Å². The van der Waals surface area contributed by atoms with Crippen LogP contribution in [0.4, 0.5) is 15.9 Å². The van der Waals surface area contributed by atoms with Crippen molar-refractivity contribution in [3.05, 3.63) is 65.0 Å². The Labute approximate surface area is 118 Å². The molecule has 2 aromatic carbocycles. The summed E-state index contributed by atoms with van der Waals surface area (Å²) in [6, 6.07) is 15.3. The molecule has 3 aromatic rings. The Kier molecular flexibility index (Phi) is 3.17. The largest absolute Gasteiger partial charge is 0.338 e. The number of aromatic nitrogens is 1. The van der Waals surface area contributed by atoms with Gasteiger partial charge < -0.3 is 5.32 Å². The van der Waals surface area contributed by atoms with Crippen molar-refractivity contribution >= 4 is 38.2 Å². The van der Waals surface area contributed by atoms with E-state index < -0.39 is 0 Å². The first-order valence-electron chi connectivity index (χ1n) is 5.79. The molecule has 94 valence electrons. The van der Waals surface area contributed by atoms with Crippen molar-refractivity contribution in [2.75, 3.05) is 5.32 Å². The Morgan fingerprint density at radius 1 is 1.00 bits per heavy atom.